The Morgan fingerprint density at radius 1 is 1.11 bits per heavy atom. The molecule has 2 aromatic rings. The van der Waals surface area contributed by atoms with Crippen molar-refractivity contribution in [3.8, 4) is 11.1 Å². The molecular weight excluding hydrogens is 234 g/mol. The van der Waals surface area contributed by atoms with Gasteiger partial charge in [0.15, 0.2) is 0 Å². The topological polar surface area (TPSA) is 29.0 Å². The molecule has 1 atom stereocenters. The molecule has 0 saturated carbocycles. The van der Waals surface area contributed by atoms with Crippen LogP contribution in [0.25, 0.3) is 11.1 Å². The van der Waals surface area contributed by atoms with Gasteiger partial charge in [-0.25, -0.2) is 9.97 Å². The summed E-state index contributed by atoms with van der Waals surface area (Å²) < 4.78 is 0. The Bertz CT molecular complexity index is 532. The molecule has 0 amide bonds. The van der Waals surface area contributed by atoms with Crippen LogP contribution in [0.2, 0.25) is 0 Å². The highest BCUT2D eigenvalue weighted by Crippen LogP contribution is 2.25. The van der Waals surface area contributed by atoms with E-state index in [1.165, 1.54) is 11.1 Å². The van der Waals surface area contributed by atoms with Crippen LogP contribution in [0.15, 0.2) is 36.7 Å². The van der Waals surface area contributed by atoms with Crippen LogP contribution in [0.4, 0.5) is 5.95 Å². The lowest BCUT2D eigenvalue weighted by atomic mass is 9.95. The summed E-state index contributed by atoms with van der Waals surface area (Å²) in [6.07, 6.45) is 4.93. The van der Waals surface area contributed by atoms with E-state index in [0.29, 0.717) is 5.92 Å². The summed E-state index contributed by atoms with van der Waals surface area (Å²) in [6, 6.07) is 8.64. The van der Waals surface area contributed by atoms with E-state index >= 15 is 0 Å². The Kier molecular flexibility index (Phi) is 4.15. The average Bonchev–Trinajstić information content (AvgIpc) is 2.46. The molecule has 2 rings (SSSR count). The maximum atomic E-state index is 4.36. The number of nitrogens with zero attached hydrogens (tertiary/aromatic N) is 3. The molecule has 100 valence electrons. The summed E-state index contributed by atoms with van der Waals surface area (Å²) in [5, 5.41) is 0. The lowest BCUT2D eigenvalue weighted by molar-refractivity contribution is 0.734. The molecule has 19 heavy (non-hydrogen) atoms. The molecule has 1 aromatic heterocycles. The molecule has 0 spiro atoms. The summed E-state index contributed by atoms with van der Waals surface area (Å²) in [5.41, 5.74) is 3.62. The van der Waals surface area contributed by atoms with Gasteiger partial charge in [0, 0.05) is 32.1 Å². The van der Waals surface area contributed by atoms with Crippen LogP contribution in [0.1, 0.15) is 31.7 Å². The maximum Gasteiger partial charge on any atom is 0.224 e. The monoisotopic (exact) mass is 255 g/mol. The quantitative estimate of drug-likeness (QED) is 0.833. The van der Waals surface area contributed by atoms with Crippen molar-refractivity contribution >= 4 is 5.95 Å². The fourth-order valence-corrected chi connectivity index (χ4v) is 1.96. The summed E-state index contributed by atoms with van der Waals surface area (Å²) in [7, 11) is 3.89. The van der Waals surface area contributed by atoms with Crippen molar-refractivity contribution in [3.05, 3.63) is 42.2 Å². The van der Waals surface area contributed by atoms with Crippen LogP contribution in [-0.4, -0.2) is 24.1 Å². The second-order valence-electron chi connectivity index (χ2n) is 5.10. The third-order valence-electron chi connectivity index (χ3n) is 3.44. The minimum atomic E-state index is 0.585. The SMILES string of the molecule is CC[C@@H](C)c1cccc(-c2cnc(N(C)C)nc2)c1. The van der Waals surface area contributed by atoms with Gasteiger partial charge < -0.3 is 4.90 Å². The Balaban J connectivity index is 2.31. The number of hydrogen-bond acceptors (Lipinski definition) is 3. The van der Waals surface area contributed by atoms with E-state index in [9.17, 15) is 0 Å². The van der Waals surface area contributed by atoms with E-state index in [1.54, 1.807) is 0 Å². The molecule has 0 radical (unpaired) electrons. The highest BCUT2D eigenvalue weighted by atomic mass is 15.2. The Hall–Kier alpha value is -1.90. The molecular formula is C16H21N3. The van der Waals surface area contributed by atoms with E-state index < -0.39 is 0 Å². The summed E-state index contributed by atoms with van der Waals surface area (Å²) in [6.45, 7) is 4.47. The summed E-state index contributed by atoms with van der Waals surface area (Å²) >= 11 is 0. The zero-order chi connectivity index (χ0) is 13.8. The van der Waals surface area contributed by atoms with Gasteiger partial charge in [-0.15, -0.1) is 0 Å². The van der Waals surface area contributed by atoms with Crippen LogP contribution in [0.3, 0.4) is 0 Å². The minimum absolute atomic E-state index is 0.585. The van der Waals surface area contributed by atoms with E-state index in [1.807, 2.05) is 31.4 Å². The number of benzene rings is 1. The van der Waals surface area contributed by atoms with Gasteiger partial charge in [0.2, 0.25) is 5.95 Å². The number of hydrogen-bond donors (Lipinski definition) is 0. The van der Waals surface area contributed by atoms with Gasteiger partial charge >= 0.3 is 0 Å². The number of anilines is 1. The second kappa shape index (κ2) is 5.83. The molecule has 0 aliphatic heterocycles. The van der Waals surface area contributed by atoms with Gasteiger partial charge in [0.25, 0.3) is 0 Å². The van der Waals surface area contributed by atoms with Gasteiger partial charge in [-0.1, -0.05) is 38.1 Å². The van der Waals surface area contributed by atoms with Crippen molar-refractivity contribution in [1.82, 2.24) is 9.97 Å². The Labute approximate surface area is 115 Å². The van der Waals surface area contributed by atoms with Crippen LogP contribution < -0.4 is 4.90 Å². The van der Waals surface area contributed by atoms with Gasteiger partial charge in [-0.05, 0) is 23.5 Å². The van der Waals surface area contributed by atoms with Crippen molar-refractivity contribution in [2.45, 2.75) is 26.2 Å². The van der Waals surface area contributed by atoms with Crippen molar-refractivity contribution in [2.75, 3.05) is 19.0 Å². The van der Waals surface area contributed by atoms with E-state index in [-0.39, 0.29) is 0 Å². The minimum Gasteiger partial charge on any atom is -0.347 e. The lowest BCUT2D eigenvalue weighted by Gasteiger charge is -2.12. The average molecular weight is 255 g/mol. The third-order valence-corrected chi connectivity index (χ3v) is 3.44. The van der Waals surface area contributed by atoms with Gasteiger partial charge in [0.1, 0.15) is 0 Å². The molecule has 0 unspecified atom stereocenters. The first-order chi connectivity index (χ1) is 9.11. The van der Waals surface area contributed by atoms with E-state index in [0.717, 1.165) is 17.9 Å². The van der Waals surface area contributed by atoms with Crippen molar-refractivity contribution in [1.29, 1.82) is 0 Å². The second-order valence-corrected chi connectivity index (χ2v) is 5.10. The zero-order valence-electron chi connectivity index (χ0n) is 12.1. The molecule has 1 aromatic carbocycles. The van der Waals surface area contributed by atoms with E-state index in [2.05, 4.69) is 48.1 Å². The highest BCUT2D eigenvalue weighted by molar-refractivity contribution is 5.63. The van der Waals surface area contributed by atoms with Crippen LogP contribution in [0, 0.1) is 0 Å². The highest BCUT2D eigenvalue weighted by Gasteiger charge is 2.06. The first kappa shape index (κ1) is 13.5. The summed E-state index contributed by atoms with van der Waals surface area (Å²) in [5.74, 6) is 1.32. The number of rotatable bonds is 4. The first-order valence-electron chi connectivity index (χ1n) is 6.71. The van der Waals surface area contributed by atoms with Gasteiger partial charge in [0.05, 0.1) is 0 Å². The first-order valence-corrected chi connectivity index (χ1v) is 6.71. The molecule has 0 bridgehead atoms. The molecule has 0 fully saturated rings. The Morgan fingerprint density at radius 2 is 1.79 bits per heavy atom. The van der Waals surface area contributed by atoms with Crippen molar-refractivity contribution < 1.29 is 0 Å². The molecule has 0 saturated heterocycles. The number of aromatic nitrogens is 2. The fraction of sp³-hybridized carbons (Fsp3) is 0.375. The third kappa shape index (κ3) is 3.11. The molecule has 0 aliphatic carbocycles. The van der Waals surface area contributed by atoms with Gasteiger partial charge in [-0.3, -0.25) is 0 Å². The normalized spacial score (nSPS) is 12.2. The fourth-order valence-electron chi connectivity index (χ4n) is 1.96. The molecule has 0 N–H and O–H groups in total. The van der Waals surface area contributed by atoms with Crippen LogP contribution >= 0.6 is 0 Å². The smallest absolute Gasteiger partial charge is 0.224 e. The molecule has 3 heteroatoms. The maximum absolute atomic E-state index is 4.36. The Morgan fingerprint density at radius 3 is 2.37 bits per heavy atom. The zero-order valence-corrected chi connectivity index (χ0v) is 12.1. The van der Waals surface area contributed by atoms with Crippen LogP contribution in [-0.2, 0) is 0 Å². The predicted octanol–water partition coefficient (Wildman–Crippen LogP) is 3.72. The lowest BCUT2D eigenvalue weighted by Crippen LogP contribution is -2.12. The van der Waals surface area contributed by atoms with E-state index in [4.69, 9.17) is 0 Å². The molecule has 1 heterocycles. The summed E-state index contributed by atoms with van der Waals surface area (Å²) in [4.78, 5) is 10.6. The largest absolute Gasteiger partial charge is 0.347 e. The van der Waals surface area contributed by atoms with Crippen molar-refractivity contribution in [3.63, 3.8) is 0 Å². The van der Waals surface area contributed by atoms with Crippen molar-refractivity contribution in [2.24, 2.45) is 0 Å². The predicted molar refractivity (Wildman–Crippen MR) is 80.5 cm³/mol. The van der Waals surface area contributed by atoms with Gasteiger partial charge in [-0.2, -0.15) is 0 Å². The standard InChI is InChI=1S/C16H21N3/c1-5-12(2)13-7-6-8-14(9-13)15-10-17-16(18-11-15)19(3)4/h6-12H,5H2,1-4H3/t12-/m1/s1. The molecule has 0 aliphatic rings. The molecule has 3 nitrogen and oxygen atoms in total. The van der Waals surface area contributed by atoms with Crippen LogP contribution in [0.5, 0.6) is 0 Å².